The maximum Gasteiger partial charge on any atom is 0.240 e. The van der Waals surface area contributed by atoms with Crippen molar-refractivity contribution in [3.05, 3.63) is 4.91 Å². The van der Waals surface area contributed by atoms with Crippen molar-refractivity contribution in [1.29, 1.82) is 0 Å². The maximum absolute atomic E-state index is 9.87. The highest BCUT2D eigenvalue weighted by atomic mass is 16.3. The number of hydrogen-bond donors (Lipinski definition) is 2. The number of carbonyl (C=O) groups excluding carboxylic acids is 1. The molecule has 6 nitrogen and oxygen atoms in total. The fraction of sp³-hybridized carbons (Fsp3) is 0.500. The van der Waals surface area contributed by atoms with Crippen LogP contribution in [0.1, 0.15) is 0 Å². The molecule has 0 heterocycles. The van der Waals surface area contributed by atoms with E-state index in [0.717, 1.165) is 0 Å². The van der Waals surface area contributed by atoms with Gasteiger partial charge in [0.05, 0.1) is 5.29 Å². The summed E-state index contributed by atoms with van der Waals surface area (Å²) in [5.41, 5.74) is 4.61. The smallest absolute Gasteiger partial charge is 0.240 e. The Hall–Kier alpha value is -1.17. The summed E-state index contributed by atoms with van der Waals surface area (Å²) in [5, 5.41) is 2.61. The van der Waals surface area contributed by atoms with E-state index >= 15 is 0 Å². The van der Waals surface area contributed by atoms with E-state index in [1.54, 1.807) is 0 Å². The third kappa shape index (κ3) is 3.04. The van der Waals surface area contributed by atoms with Gasteiger partial charge < -0.3 is 5.73 Å². The molecule has 6 heteroatoms. The van der Waals surface area contributed by atoms with Crippen LogP contribution in [0.4, 0.5) is 0 Å². The van der Waals surface area contributed by atoms with Crippen molar-refractivity contribution in [3.8, 4) is 0 Å². The molecule has 0 aliphatic carbocycles. The topological polar surface area (TPSA) is 102 Å². The zero-order valence-electron chi connectivity index (χ0n) is 4.07. The van der Waals surface area contributed by atoms with E-state index in [9.17, 15) is 9.70 Å². The largest absolute Gasteiger partial charge is 0.368 e. The fourth-order valence-electron chi connectivity index (χ4n) is 0.189. The molecule has 0 atom stereocenters. The molecule has 46 valence electrons. The van der Waals surface area contributed by atoms with E-state index in [4.69, 9.17) is 5.84 Å². The van der Waals surface area contributed by atoms with Gasteiger partial charge in [0.2, 0.25) is 5.91 Å². The summed E-state index contributed by atoms with van der Waals surface area (Å²) in [4.78, 5) is 19.3. The van der Waals surface area contributed by atoms with Crippen LogP contribution >= 0.6 is 0 Å². The molecule has 0 saturated carbocycles. The molecule has 0 fully saturated rings. The number of rotatable bonds is 3. The van der Waals surface area contributed by atoms with Gasteiger partial charge in [-0.05, 0) is 0 Å². The van der Waals surface area contributed by atoms with Crippen molar-refractivity contribution in [3.63, 3.8) is 0 Å². The molecule has 1 amide bonds. The zero-order valence-corrected chi connectivity index (χ0v) is 4.07. The Labute approximate surface area is 45.3 Å². The summed E-state index contributed by atoms with van der Waals surface area (Å²) >= 11 is 0. The minimum Gasteiger partial charge on any atom is -0.368 e. The van der Waals surface area contributed by atoms with Crippen LogP contribution in [0.15, 0.2) is 5.29 Å². The number of nitrogens with zero attached hydrogens (tertiary/aromatic N) is 2. The monoisotopic (exact) mass is 118 g/mol. The van der Waals surface area contributed by atoms with Crippen molar-refractivity contribution in [2.24, 2.45) is 16.9 Å². The van der Waals surface area contributed by atoms with Gasteiger partial charge in [-0.3, -0.25) is 4.79 Å². The summed E-state index contributed by atoms with van der Waals surface area (Å²) in [6.45, 7) is -0.344. The van der Waals surface area contributed by atoms with Gasteiger partial charge in [-0.1, -0.05) is 0 Å². The number of hydrogen-bond acceptors (Lipinski definition) is 4. The average Bonchev–Trinajstić information content (AvgIpc) is 1.65. The Morgan fingerprint density at radius 1 is 1.75 bits per heavy atom. The molecule has 8 heavy (non-hydrogen) atoms. The molecule has 0 bridgehead atoms. The highest BCUT2D eigenvalue weighted by Crippen LogP contribution is 1.71. The fourth-order valence-corrected chi connectivity index (χ4v) is 0.189. The summed E-state index contributed by atoms with van der Waals surface area (Å²) in [6, 6.07) is 0. The van der Waals surface area contributed by atoms with Crippen molar-refractivity contribution in [1.82, 2.24) is 5.12 Å². The molecule has 0 aliphatic rings. The molecule has 0 saturated heterocycles. The second-order valence-electron chi connectivity index (χ2n) is 1.15. The van der Waals surface area contributed by atoms with Gasteiger partial charge in [0.1, 0.15) is 6.54 Å². The minimum atomic E-state index is -0.688. The van der Waals surface area contributed by atoms with Crippen LogP contribution in [0.3, 0.4) is 0 Å². The molecule has 0 spiro atoms. The lowest BCUT2D eigenvalue weighted by molar-refractivity contribution is -0.119. The average molecular weight is 118 g/mol. The number of nitroso groups, excluding NO2 is 1. The first kappa shape index (κ1) is 6.83. The second kappa shape index (κ2) is 2.92. The summed E-state index contributed by atoms with van der Waals surface area (Å²) in [7, 11) is 0. The number of amides is 1. The van der Waals surface area contributed by atoms with Crippen LogP contribution in [0.2, 0.25) is 0 Å². The van der Waals surface area contributed by atoms with E-state index in [1.165, 1.54) is 0 Å². The van der Waals surface area contributed by atoms with E-state index in [0.29, 0.717) is 5.12 Å². The molecular formula is C2H6N4O2. The standard InChI is InChI=1S/C2H6N4O2/c3-2(7)1-6(4)5-8/h1,4H2,(H2,3,7). The molecule has 0 unspecified atom stereocenters. The van der Waals surface area contributed by atoms with E-state index in [1.807, 2.05) is 0 Å². The van der Waals surface area contributed by atoms with Crippen LogP contribution in [-0.4, -0.2) is 17.6 Å². The van der Waals surface area contributed by atoms with Gasteiger partial charge in [-0.15, -0.1) is 4.91 Å². The minimum absolute atomic E-state index is 0.344. The van der Waals surface area contributed by atoms with Gasteiger partial charge in [0, 0.05) is 0 Å². The molecule has 0 rings (SSSR count). The molecule has 4 N–H and O–H groups in total. The Bertz CT molecular complexity index is 102. The number of hydrazine groups is 1. The lowest BCUT2D eigenvalue weighted by Crippen LogP contribution is -2.34. The first-order valence-electron chi connectivity index (χ1n) is 1.80. The highest BCUT2D eigenvalue weighted by molar-refractivity contribution is 5.75. The molecule has 0 aromatic rings. The van der Waals surface area contributed by atoms with Gasteiger partial charge in [0.25, 0.3) is 0 Å². The highest BCUT2D eigenvalue weighted by Gasteiger charge is 1.97. The van der Waals surface area contributed by atoms with Crippen molar-refractivity contribution < 1.29 is 4.79 Å². The van der Waals surface area contributed by atoms with Crippen LogP contribution in [0, 0.1) is 4.91 Å². The first-order chi connectivity index (χ1) is 3.66. The zero-order chi connectivity index (χ0) is 6.57. The summed E-state index contributed by atoms with van der Waals surface area (Å²) in [6.07, 6.45) is 0. The number of primary amides is 1. The second-order valence-corrected chi connectivity index (χ2v) is 1.15. The Morgan fingerprint density at radius 2 is 2.25 bits per heavy atom. The quantitative estimate of drug-likeness (QED) is 0.262. The normalized spacial score (nSPS) is 8.12. The predicted molar refractivity (Wildman–Crippen MR) is 25.9 cm³/mol. The Kier molecular flexibility index (Phi) is 2.49. The summed E-state index contributed by atoms with van der Waals surface area (Å²) < 4.78 is 0. The third-order valence-corrected chi connectivity index (χ3v) is 0.423. The number of nitrogens with two attached hydrogens (primary N) is 2. The Balaban J connectivity index is 3.38. The van der Waals surface area contributed by atoms with Crippen LogP contribution in [0.25, 0.3) is 0 Å². The molecular weight excluding hydrogens is 112 g/mol. The molecule has 0 aromatic heterocycles. The molecule has 0 aliphatic heterocycles. The van der Waals surface area contributed by atoms with E-state index in [2.05, 4.69) is 11.0 Å². The molecule has 0 aromatic carbocycles. The van der Waals surface area contributed by atoms with Crippen LogP contribution in [0.5, 0.6) is 0 Å². The Morgan fingerprint density at radius 3 is 2.38 bits per heavy atom. The lowest BCUT2D eigenvalue weighted by Gasteiger charge is -2.01. The van der Waals surface area contributed by atoms with Crippen molar-refractivity contribution in [2.45, 2.75) is 0 Å². The van der Waals surface area contributed by atoms with Crippen LogP contribution < -0.4 is 11.6 Å². The van der Waals surface area contributed by atoms with Crippen molar-refractivity contribution in [2.75, 3.05) is 6.54 Å². The lowest BCUT2D eigenvalue weighted by atomic mass is 10.6. The number of carbonyl (C=O) groups is 1. The van der Waals surface area contributed by atoms with E-state index < -0.39 is 5.91 Å². The third-order valence-electron chi connectivity index (χ3n) is 0.423. The van der Waals surface area contributed by atoms with Gasteiger partial charge in [-0.2, -0.15) is 5.12 Å². The SMILES string of the molecule is NC(=O)CN(N)N=O. The molecule has 0 radical (unpaired) electrons. The first-order valence-corrected chi connectivity index (χ1v) is 1.80. The maximum atomic E-state index is 9.87. The predicted octanol–water partition coefficient (Wildman–Crippen LogP) is -1.67. The summed E-state index contributed by atoms with van der Waals surface area (Å²) in [5.74, 6) is 4.04. The van der Waals surface area contributed by atoms with E-state index in [-0.39, 0.29) is 6.54 Å². The van der Waals surface area contributed by atoms with Gasteiger partial charge in [0.15, 0.2) is 0 Å². The van der Waals surface area contributed by atoms with Crippen LogP contribution in [-0.2, 0) is 4.79 Å². The van der Waals surface area contributed by atoms with Gasteiger partial charge >= 0.3 is 0 Å². The van der Waals surface area contributed by atoms with Crippen molar-refractivity contribution >= 4 is 5.91 Å². The van der Waals surface area contributed by atoms with Gasteiger partial charge in [-0.25, -0.2) is 5.84 Å².